The van der Waals surface area contributed by atoms with Crippen molar-refractivity contribution in [1.82, 2.24) is 15.1 Å². The van der Waals surface area contributed by atoms with Crippen molar-refractivity contribution in [3.05, 3.63) is 85.8 Å². The predicted molar refractivity (Wildman–Crippen MR) is 155 cm³/mol. The van der Waals surface area contributed by atoms with Crippen LogP contribution >= 0.6 is 22.9 Å². The first-order valence-electron chi connectivity index (χ1n) is 13.8. The first-order chi connectivity index (χ1) is 19.3. The SMILES string of the molecule is COc1ccc(CN2CCC3(CC2)CCN(C(=O)c2ccc4c(c2)C(NC(=O)c2sccc2Cl)CC4)C3)cc1F. The number of ether oxygens (including phenoxy) is 1. The summed E-state index contributed by atoms with van der Waals surface area (Å²) < 4.78 is 19.2. The third-order valence-corrected chi connectivity index (χ3v) is 10.2. The zero-order valence-corrected chi connectivity index (χ0v) is 24.1. The molecule has 1 N–H and O–H groups in total. The Bertz CT molecular complexity index is 1430. The number of fused-ring (bicyclic) bond motifs is 1. The number of benzene rings is 2. The molecule has 1 aromatic heterocycles. The number of thiophene rings is 1. The molecule has 2 aromatic carbocycles. The van der Waals surface area contributed by atoms with E-state index in [-0.39, 0.29) is 34.8 Å². The van der Waals surface area contributed by atoms with Crippen LogP contribution in [0.4, 0.5) is 4.39 Å². The van der Waals surface area contributed by atoms with Crippen molar-refractivity contribution in [2.45, 2.75) is 44.7 Å². The van der Waals surface area contributed by atoms with Gasteiger partial charge in [0.15, 0.2) is 11.6 Å². The fourth-order valence-corrected chi connectivity index (χ4v) is 7.56. The Hall–Kier alpha value is -2.94. The Morgan fingerprint density at radius 2 is 1.93 bits per heavy atom. The maximum absolute atomic E-state index is 14.1. The monoisotopic (exact) mass is 581 g/mol. The van der Waals surface area contributed by atoms with E-state index < -0.39 is 0 Å². The lowest BCUT2D eigenvalue weighted by atomic mass is 9.77. The normalized spacial score (nSPS) is 20.1. The van der Waals surface area contributed by atoms with Gasteiger partial charge >= 0.3 is 0 Å². The summed E-state index contributed by atoms with van der Waals surface area (Å²) in [5.74, 6) is -0.164. The molecule has 3 aromatic rings. The summed E-state index contributed by atoms with van der Waals surface area (Å²) in [6, 6.07) is 12.7. The first-order valence-corrected chi connectivity index (χ1v) is 15.1. The quantitative estimate of drug-likeness (QED) is 0.382. The number of hydrogen-bond acceptors (Lipinski definition) is 5. The molecule has 9 heteroatoms. The number of hydrogen-bond donors (Lipinski definition) is 1. The lowest BCUT2D eigenvalue weighted by Crippen LogP contribution is -2.42. The summed E-state index contributed by atoms with van der Waals surface area (Å²) in [7, 11) is 1.47. The van der Waals surface area contributed by atoms with Crippen molar-refractivity contribution in [3.8, 4) is 5.75 Å². The lowest BCUT2D eigenvalue weighted by molar-refractivity contribution is 0.0713. The van der Waals surface area contributed by atoms with Crippen LogP contribution < -0.4 is 10.1 Å². The fraction of sp³-hybridized carbons (Fsp3) is 0.419. The van der Waals surface area contributed by atoms with Crippen molar-refractivity contribution in [2.24, 2.45) is 5.41 Å². The molecule has 0 radical (unpaired) electrons. The summed E-state index contributed by atoms with van der Waals surface area (Å²) >= 11 is 7.49. The van der Waals surface area contributed by atoms with E-state index in [1.54, 1.807) is 18.2 Å². The zero-order chi connectivity index (χ0) is 27.9. The summed E-state index contributed by atoms with van der Waals surface area (Å²) in [4.78, 5) is 31.3. The number of nitrogens with one attached hydrogen (secondary N) is 1. The van der Waals surface area contributed by atoms with E-state index in [1.807, 2.05) is 34.5 Å². The van der Waals surface area contributed by atoms with E-state index in [1.165, 1.54) is 24.0 Å². The van der Waals surface area contributed by atoms with Gasteiger partial charge in [0, 0.05) is 25.2 Å². The first kappa shape index (κ1) is 27.2. The number of methoxy groups -OCH3 is 1. The molecule has 2 saturated heterocycles. The summed E-state index contributed by atoms with van der Waals surface area (Å²) in [6.07, 6.45) is 4.75. The summed E-state index contributed by atoms with van der Waals surface area (Å²) in [5.41, 5.74) is 3.99. The molecule has 3 heterocycles. The van der Waals surface area contributed by atoms with Gasteiger partial charge in [-0.25, -0.2) is 4.39 Å². The number of piperidine rings is 1. The highest BCUT2D eigenvalue weighted by Crippen LogP contribution is 2.41. The van der Waals surface area contributed by atoms with E-state index in [0.717, 1.165) is 69.4 Å². The van der Waals surface area contributed by atoms with Gasteiger partial charge in [0.25, 0.3) is 11.8 Å². The van der Waals surface area contributed by atoms with Gasteiger partial charge in [0.05, 0.1) is 18.2 Å². The minimum absolute atomic E-state index is 0.0640. The summed E-state index contributed by atoms with van der Waals surface area (Å²) in [6.45, 7) is 4.11. The highest BCUT2D eigenvalue weighted by atomic mass is 35.5. The van der Waals surface area contributed by atoms with Crippen molar-refractivity contribution in [2.75, 3.05) is 33.3 Å². The van der Waals surface area contributed by atoms with Gasteiger partial charge in [0.1, 0.15) is 4.88 Å². The molecule has 3 aliphatic rings. The molecule has 6 nitrogen and oxygen atoms in total. The number of nitrogens with zero attached hydrogens (tertiary/aromatic N) is 2. The second kappa shape index (κ2) is 11.1. The molecule has 1 atom stereocenters. The third-order valence-electron chi connectivity index (χ3n) is 8.86. The van der Waals surface area contributed by atoms with Gasteiger partial charge in [-0.05, 0) is 103 Å². The molecule has 0 bridgehead atoms. The average molecular weight is 582 g/mol. The average Bonchev–Trinajstić information content (AvgIpc) is 3.69. The maximum Gasteiger partial charge on any atom is 0.263 e. The van der Waals surface area contributed by atoms with Gasteiger partial charge in [-0.2, -0.15) is 0 Å². The number of amides is 2. The minimum Gasteiger partial charge on any atom is -0.494 e. The Balaban J connectivity index is 1.07. The van der Waals surface area contributed by atoms with Crippen molar-refractivity contribution in [3.63, 3.8) is 0 Å². The lowest BCUT2D eigenvalue weighted by Gasteiger charge is -2.39. The van der Waals surface area contributed by atoms with Crippen LogP contribution in [0.5, 0.6) is 5.75 Å². The summed E-state index contributed by atoms with van der Waals surface area (Å²) in [5, 5.41) is 5.40. The van der Waals surface area contributed by atoms with E-state index in [2.05, 4.69) is 10.2 Å². The largest absolute Gasteiger partial charge is 0.494 e. The molecule has 210 valence electrons. The number of likely N-dealkylation sites (tertiary alicyclic amines) is 2. The molecule has 0 saturated carbocycles. The van der Waals surface area contributed by atoms with Crippen LogP contribution in [0.3, 0.4) is 0 Å². The van der Waals surface area contributed by atoms with E-state index in [0.29, 0.717) is 22.0 Å². The predicted octanol–water partition coefficient (Wildman–Crippen LogP) is 6.09. The van der Waals surface area contributed by atoms with Crippen LogP contribution in [-0.2, 0) is 13.0 Å². The van der Waals surface area contributed by atoms with Gasteiger partial charge in [-0.15, -0.1) is 11.3 Å². The maximum atomic E-state index is 14.1. The fourth-order valence-electron chi connectivity index (χ4n) is 6.52. The molecule has 2 fully saturated rings. The number of carbonyl (C=O) groups excluding carboxylic acids is 2. The van der Waals surface area contributed by atoms with Gasteiger partial charge in [0.2, 0.25) is 0 Å². The van der Waals surface area contributed by atoms with Crippen LogP contribution in [0.15, 0.2) is 47.8 Å². The molecule has 1 spiro atoms. The van der Waals surface area contributed by atoms with Crippen LogP contribution in [0.25, 0.3) is 0 Å². The van der Waals surface area contributed by atoms with E-state index in [9.17, 15) is 14.0 Å². The topological polar surface area (TPSA) is 61.9 Å². The van der Waals surface area contributed by atoms with Gasteiger partial charge < -0.3 is 15.0 Å². The highest BCUT2D eigenvalue weighted by Gasteiger charge is 2.42. The molecule has 2 amide bonds. The highest BCUT2D eigenvalue weighted by molar-refractivity contribution is 7.12. The third kappa shape index (κ3) is 5.37. The Kier molecular flexibility index (Phi) is 7.59. The molecule has 2 aliphatic heterocycles. The number of halogens is 2. The zero-order valence-electron chi connectivity index (χ0n) is 22.6. The Labute approximate surface area is 243 Å². The second-order valence-electron chi connectivity index (χ2n) is 11.3. The van der Waals surface area contributed by atoms with Crippen molar-refractivity contribution in [1.29, 1.82) is 0 Å². The Morgan fingerprint density at radius 1 is 1.12 bits per heavy atom. The van der Waals surface area contributed by atoms with Crippen molar-refractivity contribution >= 4 is 34.8 Å². The molecule has 6 rings (SSSR count). The second-order valence-corrected chi connectivity index (χ2v) is 12.6. The molecular formula is C31H33ClFN3O3S. The molecule has 1 aliphatic carbocycles. The van der Waals surface area contributed by atoms with E-state index in [4.69, 9.17) is 16.3 Å². The number of rotatable bonds is 6. The van der Waals surface area contributed by atoms with Crippen LogP contribution in [-0.4, -0.2) is 54.9 Å². The van der Waals surface area contributed by atoms with Crippen LogP contribution in [0.1, 0.15) is 68.4 Å². The smallest absolute Gasteiger partial charge is 0.263 e. The van der Waals surface area contributed by atoms with Crippen LogP contribution in [0, 0.1) is 11.2 Å². The van der Waals surface area contributed by atoms with E-state index >= 15 is 0 Å². The number of carbonyl (C=O) groups is 2. The van der Waals surface area contributed by atoms with Gasteiger partial charge in [-0.3, -0.25) is 14.5 Å². The molecular weight excluding hydrogens is 549 g/mol. The minimum atomic E-state index is -0.328. The Morgan fingerprint density at radius 3 is 2.65 bits per heavy atom. The number of aryl methyl sites for hydroxylation is 1. The van der Waals surface area contributed by atoms with Crippen molar-refractivity contribution < 1.29 is 18.7 Å². The molecule has 1 unspecified atom stereocenters. The molecule has 40 heavy (non-hydrogen) atoms. The standard InChI is InChI=1S/C31H33ClFN3O3S/c1-39-27-7-2-20(16-25(27)33)18-35-12-9-31(10-13-35)11-14-36(19-31)30(38)22-4-3-21-5-6-26(23(21)17-22)34-29(37)28-24(32)8-15-40-28/h2-4,7-8,15-17,26H,5-6,9-14,18-19H2,1H3,(H,34,37). The van der Waals surface area contributed by atoms with Crippen LogP contribution in [0.2, 0.25) is 5.02 Å². The van der Waals surface area contributed by atoms with Gasteiger partial charge in [-0.1, -0.05) is 23.7 Å².